The van der Waals surface area contributed by atoms with E-state index in [2.05, 4.69) is 23.5 Å². The zero-order valence-electron chi connectivity index (χ0n) is 11.5. The highest BCUT2D eigenvalue weighted by molar-refractivity contribution is 7.99. The van der Waals surface area contributed by atoms with Gasteiger partial charge in [-0.1, -0.05) is 30.0 Å². The van der Waals surface area contributed by atoms with Crippen molar-refractivity contribution in [3.05, 3.63) is 59.4 Å². The summed E-state index contributed by atoms with van der Waals surface area (Å²) in [6.07, 6.45) is 3.12. The van der Waals surface area contributed by atoms with E-state index < -0.39 is 0 Å². The maximum absolute atomic E-state index is 14.4. The molecule has 0 spiro atoms. The molecule has 0 unspecified atom stereocenters. The molecule has 0 fully saturated rings. The predicted molar refractivity (Wildman–Crippen MR) is 81.7 cm³/mol. The number of fused-ring (bicyclic) bond motifs is 1. The van der Waals surface area contributed by atoms with Gasteiger partial charge >= 0.3 is 0 Å². The summed E-state index contributed by atoms with van der Waals surface area (Å²) >= 11 is 1.62. The number of hydrogen-bond donors (Lipinski definition) is 1. The van der Waals surface area contributed by atoms with Crippen LogP contribution in [0.1, 0.15) is 30.0 Å². The molecule has 20 heavy (non-hydrogen) atoms. The fourth-order valence-electron chi connectivity index (χ4n) is 2.86. The Hall–Kier alpha value is -1.32. The van der Waals surface area contributed by atoms with E-state index in [4.69, 9.17) is 0 Å². The molecule has 1 aliphatic carbocycles. The Balaban J connectivity index is 1.93. The van der Waals surface area contributed by atoms with Gasteiger partial charge in [-0.2, -0.15) is 0 Å². The lowest BCUT2D eigenvalue weighted by Crippen LogP contribution is -2.23. The largest absolute Gasteiger partial charge is 0.313 e. The zero-order valence-corrected chi connectivity index (χ0v) is 12.3. The molecule has 0 amide bonds. The molecule has 0 saturated heterocycles. The van der Waals surface area contributed by atoms with Crippen molar-refractivity contribution in [2.45, 2.75) is 35.1 Å². The molecule has 0 bridgehead atoms. The monoisotopic (exact) mass is 287 g/mol. The van der Waals surface area contributed by atoms with E-state index in [-0.39, 0.29) is 11.9 Å². The second kappa shape index (κ2) is 5.98. The number of aryl methyl sites for hydroxylation is 1. The Morgan fingerprint density at radius 2 is 1.95 bits per heavy atom. The Morgan fingerprint density at radius 1 is 1.15 bits per heavy atom. The molecule has 3 heteroatoms. The number of hydrogen-bond acceptors (Lipinski definition) is 2. The highest BCUT2D eigenvalue weighted by atomic mass is 32.2. The van der Waals surface area contributed by atoms with Crippen molar-refractivity contribution in [1.29, 1.82) is 0 Å². The highest BCUT2D eigenvalue weighted by Gasteiger charge is 2.23. The first-order valence-electron chi connectivity index (χ1n) is 7.00. The maximum atomic E-state index is 14.4. The summed E-state index contributed by atoms with van der Waals surface area (Å²) in [6.45, 7) is 0. The van der Waals surface area contributed by atoms with E-state index in [9.17, 15) is 4.39 Å². The molecule has 104 valence electrons. The zero-order chi connectivity index (χ0) is 13.9. The number of benzene rings is 2. The molecule has 0 aromatic heterocycles. The molecular weight excluding hydrogens is 269 g/mol. The van der Waals surface area contributed by atoms with Crippen LogP contribution in [0.25, 0.3) is 0 Å². The van der Waals surface area contributed by atoms with Crippen LogP contribution in [-0.2, 0) is 6.42 Å². The Labute approximate surface area is 123 Å². The van der Waals surface area contributed by atoms with Gasteiger partial charge in [0.15, 0.2) is 0 Å². The molecule has 1 atom stereocenters. The van der Waals surface area contributed by atoms with Crippen LogP contribution in [0.15, 0.2) is 52.3 Å². The third kappa shape index (κ3) is 2.74. The van der Waals surface area contributed by atoms with Crippen molar-refractivity contribution < 1.29 is 4.39 Å². The normalized spacial score (nSPS) is 17.8. The van der Waals surface area contributed by atoms with E-state index in [1.54, 1.807) is 17.8 Å². The first-order valence-corrected chi connectivity index (χ1v) is 7.82. The van der Waals surface area contributed by atoms with Crippen molar-refractivity contribution in [2.75, 3.05) is 7.05 Å². The highest BCUT2D eigenvalue weighted by Crippen LogP contribution is 2.36. The molecular formula is C17H18FNS. The van der Waals surface area contributed by atoms with Crippen LogP contribution < -0.4 is 5.32 Å². The lowest BCUT2D eigenvalue weighted by Gasteiger charge is -2.26. The second-order valence-corrected chi connectivity index (χ2v) is 6.27. The second-order valence-electron chi connectivity index (χ2n) is 5.13. The van der Waals surface area contributed by atoms with Crippen LogP contribution >= 0.6 is 11.8 Å². The number of nitrogens with one attached hydrogen (secondary N) is 1. The molecule has 3 rings (SSSR count). The fraction of sp³-hybridized carbons (Fsp3) is 0.294. The molecule has 1 N–H and O–H groups in total. The molecule has 1 aliphatic rings. The van der Waals surface area contributed by atoms with Crippen LogP contribution in [-0.4, -0.2) is 7.05 Å². The fourth-order valence-corrected chi connectivity index (χ4v) is 3.79. The summed E-state index contributed by atoms with van der Waals surface area (Å²) in [5, 5.41) is 3.22. The van der Waals surface area contributed by atoms with E-state index in [1.807, 2.05) is 25.2 Å². The van der Waals surface area contributed by atoms with Crippen molar-refractivity contribution in [3.8, 4) is 0 Å². The van der Waals surface area contributed by atoms with E-state index in [0.717, 1.165) is 40.2 Å². The van der Waals surface area contributed by atoms with Gasteiger partial charge in [0.1, 0.15) is 5.82 Å². The van der Waals surface area contributed by atoms with E-state index in [0.29, 0.717) is 0 Å². The average molecular weight is 287 g/mol. The van der Waals surface area contributed by atoms with Gasteiger partial charge in [-0.3, -0.25) is 0 Å². The summed E-state index contributed by atoms with van der Waals surface area (Å²) in [4.78, 5) is 2.14. The Morgan fingerprint density at radius 3 is 2.70 bits per heavy atom. The minimum atomic E-state index is -0.0695. The topological polar surface area (TPSA) is 12.0 Å². The van der Waals surface area contributed by atoms with Gasteiger partial charge in [-0.25, -0.2) is 4.39 Å². The molecule has 2 aromatic carbocycles. The first-order chi connectivity index (χ1) is 9.78. The molecule has 0 aliphatic heterocycles. The average Bonchev–Trinajstić information content (AvgIpc) is 2.47. The van der Waals surface area contributed by atoms with Crippen molar-refractivity contribution in [1.82, 2.24) is 5.32 Å². The van der Waals surface area contributed by atoms with Gasteiger partial charge in [0, 0.05) is 21.4 Å². The molecule has 0 heterocycles. The van der Waals surface area contributed by atoms with E-state index >= 15 is 0 Å². The summed E-state index contributed by atoms with van der Waals surface area (Å²) < 4.78 is 14.4. The summed E-state index contributed by atoms with van der Waals surface area (Å²) in [6, 6.07) is 14.1. The van der Waals surface area contributed by atoms with Crippen molar-refractivity contribution in [2.24, 2.45) is 0 Å². The predicted octanol–water partition coefficient (Wildman–Crippen LogP) is 4.57. The standard InChI is InChI=1S/C17H18FNS/c1-19-16-9-5-6-12-10-14(11-15(18)17(12)16)20-13-7-3-2-4-8-13/h2-4,7-8,10-11,16,19H,5-6,9H2,1H3/t16-/m1/s1. The van der Waals surface area contributed by atoms with Gasteiger partial charge in [0.25, 0.3) is 0 Å². The van der Waals surface area contributed by atoms with E-state index in [1.165, 1.54) is 0 Å². The van der Waals surface area contributed by atoms with Crippen LogP contribution in [0.4, 0.5) is 4.39 Å². The molecule has 0 radical (unpaired) electrons. The lowest BCUT2D eigenvalue weighted by atomic mass is 9.87. The quantitative estimate of drug-likeness (QED) is 0.887. The SMILES string of the molecule is CN[C@@H]1CCCc2cc(Sc3ccccc3)cc(F)c21. The lowest BCUT2D eigenvalue weighted by molar-refractivity contribution is 0.464. The number of rotatable bonds is 3. The molecule has 0 saturated carbocycles. The summed E-state index contributed by atoms with van der Waals surface area (Å²) in [5.74, 6) is -0.0695. The van der Waals surface area contributed by atoms with Gasteiger partial charge in [-0.15, -0.1) is 0 Å². The van der Waals surface area contributed by atoms with Crippen LogP contribution in [0.5, 0.6) is 0 Å². The van der Waals surface area contributed by atoms with Crippen molar-refractivity contribution in [3.63, 3.8) is 0 Å². The summed E-state index contributed by atoms with van der Waals surface area (Å²) in [7, 11) is 1.91. The minimum Gasteiger partial charge on any atom is -0.313 e. The van der Waals surface area contributed by atoms with Gasteiger partial charge in [-0.05, 0) is 56.1 Å². The first kappa shape index (κ1) is 13.7. The maximum Gasteiger partial charge on any atom is 0.129 e. The third-order valence-corrected chi connectivity index (χ3v) is 4.78. The van der Waals surface area contributed by atoms with Gasteiger partial charge < -0.3 is 5.32 Å². The summed E-state index contributed by atoms with van der Waals surface area (Å²) in [5.41, 5.74) is 2.03. The number of halogens is 1. The Kier molecular flexibility index (Phi) is 4.08. The molecule has 1 nitrogen and oxygen atoms in total. The smallest absolute Gasteiger partial charge is 0.129 e. The molecule has 2 aromatic rings. The van der Waals surface area contributed by atoms with Crippen molar-refractivity contribution >= 4 is 11.8 Å². The third-order valence-electron chi connectivity index (χ3n) is 3.80. The van der Waals surface area contributed by atoms with Crippen LogP contribution in [0.2, 0.25) is 0 Å². The minimum absolute atomic E-state index is 0.0695. The Bertz CT molecular complexity index is 597. The van der Waals surface area contributed by atoms with Gasteiger partial charge in [0.05, 0.1) is 0 Å². The van der Waals surface area contributed by atoms with Crippen LogP contribution in [0, 0.1) is 5.82 Å². The van der Waals surface area contributed by atoms with Crippen LogP contribution in [0.3, 0.4) is 0 Å². The van der Waals surface area contributed by atoms with Gasteiger partial charge in [0.2, 0.25) is 0 Å².